The van der Waals surface area contributed by atoms with Gasteiger partial charge >= 0.3 is 0 Å². The maximum absolute atomic E-state index is 5.28. The summed E-state index contributed by atoms with van der Waals surface area (Å²) >= 11 is 0. The Morgan fingerprint density at radius 1 is 0.857 bits per heavy atom. The van der Waals surface area contributed by atoms with Crippen LogP contribution in [0.5, 0.6) is 11.5 Å². The molecule has 2 nitrogen and oxygen atoms in total. The van der Waals surface area contributed by atoms with Crippen LogP contribution in [-0.2, 0) is 0 Å². The minimum absolute atomic E-state index is 0.127. The van der Waals surface area contributed by atoms with E-state index in [1.54, 1.807) is 0 Å². The number of para-hydroxylation sites is 2. The molecule has 0 bridgehead atoms. The molecule has 0 spiro atoms. The number of benzene rings is 1. The van der Waals surface area contributed by atoms with Gasteiger partial charge in [0.1, 0.15) is 0 Å². The van der Waals surface area contributed by atoms with Gasteiger partial charge in [-0.1, -0.05) is 39.8 Å². The first-order chi connectivity index (χ1) is 6.86. The lowest BCUT2D eigenvalue weighted by atomic mass is 10.3. The molecule has 1 aliphatic rings. The average molecular weight is 196 g/mol. The Morgan fingerprint density at radius 2 is 1.21 bits per heavy atom. The van der Waals surface area contributed by atoms with E-state index in [-0.39, 0.29) is 6.29 Å². The van der Waals surface area contributed by atoms with Gasteiger partial charge < -0.3 is 9.47 Å². The Hall–Kier alpha value is -1.18. The van der Waals surface area contributed by atoms with E-state index in [0.29, 0.717) is 0 Å². The topological polar surface area (TPSA) is 18.5 Å². The third-order valence-corrected chi connectivity index (χ3v) is 1.44. The second-order valence-electron chi connectivity index (χ2n) is 2.25. The molecule has 0 atom stereocenters. The highest BCUT2D eigenvalue weighted by Gasteiger charge is 2.17. The van der Waals surface area contributed by atoms with Crippen molar-refractivity contribution in [2.45, 2.75) is 40.9 Å². The molecule has 1 aromatic carbocycles. The van der Waals surface area contributed by atoms with Gasteiger partial charge in [-0.2, -0.15) is 0 Å². The average Bonchev–Trinajstić information content (AvgIpc) is 2.64. The highest BCUT2D eigenvalue weighted by atomic mass is 16.7. The zero-order valence-electron chi connectivity index (χ0n) is 9.70. The van der Waals surface area contributed by atoms with Gasteiger partial charge in [-0.3, -0.25) is 0 Å². The lowest BCUT2D eigenvalue weighted by Gasteiger charge is -1.99. The number of ether oxygens (including phenoxy) is 2. The Balaban J connectivity index is 0.000000379. The summed E-state index contributed by atoms with van der Waals surface area (Å²) in [4.78, 5) is 0. The predicted octanol–water partition coefficient (Wildman–Crippen LogP) is 3.86. The fourth-order valence-corrected chi connectivity index (χ4v) is 1.03. The molecule has 14 heavy (non-hydrogen) atoms. The van der Waals surface area contributed by atoms with Crippen LogP contribution in [0, 0.1) is 0 Å². The van der Waals surface area contributed by atoms with Gasteiger partial charge in [0.2, 0.25) is 6.29 Å². The van der Waals surface area contributed by atoms with E-state index in [0.717, 1.165) is 11.5 Å². The van der Waals surface area contributed by atoms with Crippen molar-refractivity contribution in [3.05, 3.63) is 24.3 Å². The second-order valence-corrected chi connectivity index (χ2v) is 2.25. The van der Waals surface area contributed by atoms with Crippen molar-refractivity contribution in [3.63, 3.8) is 0 Å². The first kappa shape index (κ1) is 12.8. The van der Waals surface area contributed by atoms with E-state index >= 15 is 0 Å². The molecule has 1 heterocycles. The van der Waals surface area contributed by atoms with Gasteiger partial charge in [-0.05, 0) is 12.1 Å². The molecule has 0 amide bonds. The Bertz CT molecular complexity index is 221. The first-order valence-electron chi connectivity index (χ1n) is 5.28. The van der Waals surface area contributed by atoms with Crippen LogP contribution in [0.25, 0.3) is 0 Å². The predicted molar refractivity (Wildman–Crippen MR) is 59.9 cm³/mol. The Labute approximate surface area is 86.9 Å². The molecule has 0 aromatic heterocycles. The lowest BCUT2D eigenvalue weighted by molar-refractivity contribution is 0.0678. The second kappa shape index (κ2) is 7.25. The summed E-state index contributed by atoms with van der Waals surface area (Å²) in [6.07, 6.45) is -0.127. The molecule has 0 aliphatic carbocycles. The number of hydrogen-bond donors (Lipinski definition) is 0. The molecule has 0 radical (unpaired) electrons. The molecular weight excluding hydrogens is 176 g/mol. The molecule has 0 N–H and O–H groups in total. The van der Waals surface area contributed by atoms with Crippen molar-refractivity contribution in [2.75, 3.05) is 0 Å². The van der Waals surface area contributed by atoms with E-state index in [1.807, 2.05) is 58.9 Å². The molecule has 0 saturated carbocycles. The van der Waals surface area contributed by atoms with E-state index in [1.165, 1.54) is 0 Å². The SMILES string of the molecule is CC.CC.CC1Oc2ccccc2O1. The van der Waals surface area contributed by atoms with Crippen molar-refractivity contribution in [3.8, 4) is 11.5 Å². The van der Waals surface area contributed by atoms with Crippen molar-refractivity contribution in [1.82, 2.24) is 0 Å². The minimum Gasteiger partial charge on any atom is -0.451 e. The molecule has 2 rings (SSSR count). The number of fused-ring (bicyclic) bond motifs is 1. The van der Waals surface area contributed by atoms with Gasteiger partial charge in [0.25, 0.3) is 0 Å². The first-order valence-corrected chi connectivity index (χ1v) is 5.28. The summed E-state index contributed by atoms with van der Waals surface area (Å²) in [6.45, 7) is 9.88. The van der Waals surface area contributed by atoms with E-state index < -0.39 is 0 Å². The number of hydrogen-bond acceptors (Lipinski definition) is 2. The van der Waals surface area contributed by atoms with Crippen LogP contribution in [0.1, 0.15) is 34.6 Å². The van der Waals surface area contributed by atoms with Crippen LogP contribution < -0.4 is 9.47 Å². The zero-order valence-corrected chi connectivity index (χ0v) is 9.70. The van der Waals surface area contributed by atoms with Crippen LogP contribution >= 0.6 is 0 Å². The number of rotatable bonds is 0. The molecule has 0 saturated heterocycles. The fourth-order valence-electron chi connectivity index (χ4n) is 1.03. The summed E-state index contributed by atoms with van der Waals surface area (Å²) in [5.74, 6) is 1.69. The van der Waals surface area contributed by atoms with Gasteiger partial charge in [-0.25, -0.2) is 0 Å². The normalized spacial score (nSPS) is 12.1. The zero-order chi connectivity index (χ0) is 11.0. The molecule has 1 aliphatic heterocycles. The summed E-state index contributed by atoms with van der Waals surface area (Å²) in [6, 6.07) is 7.66. The highest BCUT2D eigenvalue weighted by Crippen LogP contribution is 2.33. The van der Waals surface area contributed by atoms with Gasteiger partial charge in [-0.15, -0.1) is 0 Å². The highest BCUT2D eigenvalue weighted by molar-refractivity contribution is 5.41. The minimum atomic E-state index is -0.127. The summed E-state index contributed by atoms with van der Waals surface area (Å²) in [5, 5.41) is 0. The Kier molecular flexibility index (Phi) is 6.63. The molecule has 80 valence electrons. The van der Waals surface area contributed by atoms with Gasteiger partial charge in [0.05, 0.1) is 0 Å². The molecule has 0 unspecified atom stereocenters. The van der Waals surface area contributed by atoms with Crippen LogP contribution in [0.4, 0.5) is 0 Å². The van der Waals surface area contributed by atoms with Gasteiger partial charge in [0, 0.05) is 6.92 Å². The Morgan fingerprint density at radius 3 is 1.57 bits per heavy atom. The maximum atomic E-state index is 5.28. The summed E-state index contributed by atoms with van der Waals surface area (Å²) < 4.78 is 10.6. The molecule has 2 heteroatoms. The van der Waals surface area contributed by atoms with Crippen LogP contribution in [-0.4, -0.2) is 6.29 Å². The van der Waals surface area contributed by atoms with Gasteiger partial charge in [0.15, 0.2) is 11.5 Å². The monoisotopic (exact) mass is 196 g/mol. The summed E-state index contributed by atoms with van der Waals surface area (Å²) in [7, 11) is 0. The third-order valence-electron chi connectivity index (χ3n) is 1.44. The molecular formula is C12H20O2. The van der Waals surface area contributed by atoms with Crippen molar-refractivity contribution in [1.29, 1.82) is 0 Å². The summed E-state index contributed by atoms with van der Waals surface area (Å²) in [5.41, 5.74) is 0. The lowest BCUT2D eigenvalue weighted by Crippen LogP contribution is -2.11. The van der Waals surface area contributed by atoms with E-state index in [9.17, 15) is 0 Å². The quantitative estimate of drug-likeness (QED) is 0.627. The maximum Gasteiger partial charge on any atom is 0.238 e. The molecule has 0 fully saturated rings. The largest absolute Gasteiger partial charge is 0.451 e. The van der Waals surface area contributed by atoms with Crippen molar-refractivity contribution >= 4 is 0 Å². The van der Waals surface area contributed by atoms with Crippen LogP contribution in [0.2, 0.25) is 0 Å². The van der Waals surface area contributed by atoms with E-state index in [2.05, 4.69) is 0 Å². The van der Waals surface area contributed by atoms with Crippen LogP contribution in [0.3, 0.4) is 0 Å². The van der Waals surface area contributed by atoms with E-state index in [4.69, 9.17) is 9.47 Å². The molecule has 1 aromatic rings. The third kappa shape index (κ3) is 3.29. The standard InChI is InChI=1S/C8H8O2.2C2H6/c1-6-9-7-4-2-3-5-8(7)10-6;2*1-2/h2-6H,1H3;2*1-2H3. The fraction of sp³-hybridized carbons (Fsp3) is 0.500. The van der Waals surface area contributed by atoms with Crippen molar-refractivity contribution < 1.29 is 9.47 Å². The smallest absolute Gasteiger partial charge is 0.238 e. The van der Waals surface area contributed by atoms with Crippen LogP contribution in [0.15, 0.2) is 24.3 Å². The van der Waals surface area contributed by atoms with Crippen molar-refractivity contribution in [2.24, 2.45) is 0 Å².